The van der Waals surface area contributed by atoms with Gasteiger partial charge in [-0.2, -0.15) is 13.2 Å². The average Bonchev–Trinajstić information content (AvgIpc) is 2.40. The number of piperidine rings is 1. The lowest BCUT2D eigenvalue weighted by Gasteiger charge is -2.33. The van der Waals surface area contributed by atoms with Crippen LogP contribution >= 0.6 is 11.6 Å². The summed E-state index contributed by atoms with van der Waals surface area (Å²) in [6.45, 7) is -0.0655. The first-order chi connectivity index (χ1) is 9.29. The highest BCUT2D eigenvalue weighted by molar-refractivity contribution is 6.31. The molecule has 0 atom stereocenters. The maximum absolute atomic E-state index is 13.6. The van der Waals surface area contributed by atoms with Gasteiger partial charge in [0.15, 0.2) is 0 Å². The standard InChI is InChI=1S/C13H12ClF4NO/c14-9-1-2-11(15)10(7-9)12(20)19-5-3-8(4-6-19)13(16,17)18/h1-2,7-8H,3-6H2. The quantitative estimate of drug-likeness (QED) is 0.721. The van der Waals surface area contributed by atoms with Crippen molar-refractivity contribution in [1.82, 2.24) is 4.90 Å². The number of alkyl halides is 3. The number of benzene rings is 1. The van der Waals surface area contributed by atoms with Crippen LogP contribution in [0, 0.1) is 11.7 Å². The van der Waals surface area contributed by atoms with E-state index in [1.54, 1.807) is 0 Å². The number of nitrogens with zero attached hydrogens (tertiary/aromatic N) is 1. The van der Waals surface area contributed by atoms with Gasteiger partial charge in [-0.1, -0.05) is 11.6 Å². The second-order valence-corrected chi connectivity index (χ2v) is 5.17. The Morgan fingerprint density at radius 1 is 1.25 bits per heavy atom. The summed E-state index contributed by atoms with van der Waals surface area (Å²) in [5.41, 5.74) is -0.206. The van der Waals surface area contributed by atoms with Gasteiger partial charge in [0.2, 0.25) is 0 Å². The van der Waals surface area contributed by atoms with Crippen LogP contribution in [0.3, 0.4) is 0 Å². The fourth-order valence-corrected chi connectivity index (χ4v) is 2.41. The van der Waals surface area contributed by atoms with E-state index >= 15 is 0 Å². The van der Waals surface area contributed by atoms with Gasteiger partial charge >= 0.3 is 6.18 Å². The Kier molecular flexibility index (Phi) is 4.22. The van der Waals surface area contributed by atoms with E-state index in [0.717, 1.165) is 6.07 Å². The molecule has 1 fully saturated rings. The number of hydrogen-bond acceptors (Lipinski definition) is 1. The monoisotopic (exact) mass is 309 g/mol. The van der Waals surface area contributed by atoms with Gasteiger partial charge in [-0.15, -0.1) is 0 Å². The predicted molar refractivity (Wildman–Crippen MR) is 66.1 cm³/mol. The van der Waals surface area contributed by atoms with Crippen molar-refractivity contribution in [3.05, 3.63) is 34.6 Å². The molecule has 0 bridgehead atoms. The summed E-state index contributed by atoms with van der Waals surface area (Å²) in [6, 6.07) is 3.57. The lowest BCUT2D eigenvalue weighted by molar-refractivity contribution is -0.183. The Labute approximate surface area is 118 Å². The molecule has 0 spiro atoms. The number of amides is 1. The Hall–Kier alpha value is -1.30. The Bertz CT molecular complexity index is 510. The van der Waals surface area contributed by atoms with Crippen LogP contribution in [-0.2, 0) is 0 Å². The van der Waals surface area contributed by atoms with Crippen molar-refractivity contribution in [3.8, 4) is 0 Å². The molecule has 7 heteroatoms. The molecule has 1 aliphatic rings. The zero-order chi connectivity index (χ0) is 14.9. The molecule has 1 aromatic rings. The smallest absolute Gasteiger partial charge is 0.339 e. The number of carbonyl (C=O) groups is 1. The number of halogens is 5. The second kappa shape index (κ2) is 5.60. The normalized spacial score (nSPS) is 17.4. The Morgan fingerprint density at radius 2 is 1.85 bits per heavy atom. The van der Waals surface area contributed by atoms with E-state index in [0.29, 0.717) is 0 Å². The van der Waals surface area contributed by atoms with Gasteiger partial charge in [-0.05, 0) is 31.0 Å². The molecular formula is C13H12ClF4NO. The number of likely N-dealkylation sites (tertiary alicyclic amines) is 1. The van der Waals surface area contributed by atoms with Gasteiger partial charge in [0.1, 0.15) is 5.82 Å². The van der Waals surface area contributed by atoms with Crippen molar-refractivity contribution in [2.45, 2.75) is 19.0 Å². The average molecular weight is 310 g/mol. The zero-order valence-electron chi connectivity index (χ0n) is 10.4. The van der Waals surface area contributed by atoms with Gasteiger partial charge < -0.3 is 4.90 Å². The third-order valence-electron chi connectivity index (χ3n) is 3.40. The third kappa shape index (κ3) is 3.23. The summed E-state index contributed by atoms with van der Waals surface area (Å²) in [4.78, 5) is 13.3. The summed E-state index contributed by atoms with van der Waals surface area (Å²) in [7, 11) is 0. The van der Waals surface area contributed by atoms with Crippen molar-refractivity contribution in [1.29, 1.82) is 0 Å². The zero-order valence-corrected chi connectivity index (χ0v) is 11.1. The molecule has 0 aromatic heterocycles. The largest absolute Gasteiger partial charge is 0.391 e. The molecule has 0 N–H and O–H groups in total. The third-order valence-corrected chi connectivity index (χ3v) is 3.64. The van der Waals surface area contributed by atoms with E-state index in [9.17, 15) is 22.4 Å². The lowest BCUT2D eigenvalue weighted by Crippen LogP contribution is -2.42. The highest BCUT2D eigenvalue weighted by atomic mass is 35.5. The van der Waals surface area contributed by atoms with Crippen LogP contribution < -0.4 is 0 Å². The van der Waals surface area contributed by atoms with E-state index in [-0.39, 0.29) is 36.5 Å². The molecule has 0 saturated carbocycles. The maximum atomic E-state index is 13.6. The molecule has 1 heterocycles. The summed E-state index contributed by atoms with van der Waals surface area (Å²) >= 11 is 5.70. The predicted octanol–water partition coefficient (Wildman–Crippen LogP) is 3.89. The molecule has 0 unspecified atom stereocenters. The molecule has 2 nitrogen and oxygen atoms in total. The molecule has 0 aliphatic carbocycles. The summed E-state index contributed by atoms with van der Waals surface area (Å²) in [5.74, 6) is -2.74. The SMILES string of the molecule is O=C(c1cc(Cl)ccc1F)N1CCC(C(F)(F)F)CC1. The van der Waals surface area contributed by atoms with E-state index in [2.05, 4.69) is 0 Å². The molecule has 0 radical (unpaired) electrons. The summed E-state index contributed by atoms with van der Waals surface area (Å²) in [5, 5.41) is 0.208. The maximum Gasteiger partial charge on any atom is 0.391 e. The highest BCUT2D eigenvalue weighted by Crippen LogP contribution is 2.34. The van der Waals surface area contributed by atoms with E-state index in [1.165, 1.54) is 17.0 Å². The molecule has 1 aliphatic heterocycles. The fraction of sp³-hybridized carbons (Fsp3) is 0.462. The van der Waals surface area contributed by atoms with Gasteiger partial charge in [-0.3, -0.25) is 4.79 Å². The van der Waals surface area contributed by atoms with Crippen LogP contribution in [0.4, 0.5) is 17.6 Å². The molecular weight excluding hydrogens is 298 g/mol. The first kappa shape index (κ1) is 15.1. The summed E-state index contributed by atoms with van der Waals surface area (Å²) in [6.07, 6.45) is -4.55. The van der Waals surface area contributed by atoms with E-state index in [1.807, 2.05) is 0 Å². The minimum atomic E-state index is -4.24. The van der Waals surface area contributed by atoms with Crippen molar-refractivity contribution >= 4 is 17.5 Å². The number of rotatable bonds is 1. The van der Waals surface area contributed by atoms with Crippen molar-refractivity contribution in [3.63, 3.8) is 0 Å². The minimum Gasteiger partial charge on any atom is -0.339 e. The van der Waals surface area contributed by atoms with Crippen LogP contribution in [-0.4, -0.2) is 30.1 Å². The Balaban J connectivity index is 2.07. The molecule has 1 saturated heterocycles. The van der Waals surface area contributed by atoms with Gasteiger partial charge in [0.25, 0.3) is 5.91 Å². The van der Waals surface area contributed by atoms with Crippen LogP contribution in [0.2, 0.25) is 5.02 Å². The molecule has 20 heavy (non-hydrogen) atoms. The van der Waals surface area contributed by atoms with Gasteiger partial charge in [0, 0.05) is 18.1 Å². The molecule has 1 aromatic carbocycles. The second-order valence-electron chi connectivity index (χ2n) is 4.73. The minimum absolute atomic E-state index is 0.0328. The molecule has 2 rings (SSSR count). The van der Waals surface area contributed by atoms with E-state index < -0.39 is 23.8 Å². The van der Waals surface area contributed by atoms with E-state index in [4.69, 9.17) is 11.6 Å². The van der Waals surface area contributed by atoms with Gasteiger partial charge in [0.05, 0.1) is 11.5 Å². The van der Waals surface area contributed by atoms with Crippen LogP contribution in [0.5, 0.6) is 0 Å². The number of carbonyl (C=O) groups excluding carboxylic acids is 1. The Morgan fingerprint density at radius 3 is 2.40 bits per heavy atom. The van der Waals surface area contributed by atoms with Crippen molar-refractivity contribution in [2.24, 2.45) is 5.92 Å². The lowest BCUT2D eigenvalue weighted by atomic mass is 9.96. The highest BCUT2D eigenvalue weighted by Gasteiger charge is 2.41. The molecule has 110 valence electrons. The first-order valence-electron chi connectivity index (χ1n) is 6.10. The van der Waals surface area contributed by atoms with Crippen molar-refractivity contribution in [2.75, 3.05) is 13.1 Å². The number of hydrogen-bond donors (Lipinski definition) is 0. The van der Waals surface area contributed by atoms with Gasteiger partial charge in [-0.25, -0.2) is 4.39 Å². The van der Waals surface area contributed by atoms with Crippen LogP contribution in [0.15, 0.2) is 18.2 Å². The molecule has 1 amide bonds. The van der Waals surface area contributed by atoms with Crippen LogP contribution in [0.1, 0.15) is 23.2 Å². The topological polar surface area (TPSA) is 20.3 Å². The van der Waals surface area contributed by atoms with Crippen LogP contribution in [0.25, 0.3) is 0 Å². The fourth-order valence-electron chi connectivity index (χ4n) is 2.24. The van der Waals surface area contributed by atoms with Crippen molar-refractivity contribution < 1.29 is 22.4 Å². The summed E-state index contributed by atoms with van der Waals surface area (Å²) < 4.78 is 51.1. The first-order valence-corrected chi connectivity index (χ1v) is 6.48.